The van der Waals surface area contributed by atoms with E-state index < -0.39 is 6.23 Å². The number of nitrogens with zero attached hydrogens (tertiary/aromatic N) is 4. The summed E-state index contributed by atoms with van der Waals surface area (Å²) in [5, 5.41) is 9.59. The van der Waals surface area contributed by atoms with Gasteiger partial charge in [-0.05, 0) is 17.7 Å². The minimum Gasteiger partial charge on any atom is -0.375 e. The molecule has 0 spiro atoms. The summed E-state index contributed by atoms with van der Waals surface area (Å²) in [6, 6.07) is 7.13. The molecule has 0 amide bonds. The van der Waals surface area contributed by atoms with Crippen LogP contribution in [-0.4, -0.2) is 24.6 Å². The Balaban J connectivity index is 2.11. The second-order valence-electron chi connectivity index (χ2n) is 3.99. The zero-order chi connectivity index (χ0) is 13.4. The first kappa shape index (κ1) is 12.0. The fraction of sp³-hybridized carbons (Fsp3) is 0.0833. The maximum Gasteiger partial charge on any atom is 0.169 e. The lowest BCUT2D eigenvalue weighted by molar-refractivity contribution is 0.186. The number of fused-ring (bicyclic) bond motifs is 1. The van der Waals surface area contributed by atoms with Gasteiger partial charge in [-0.15, -0.1) is 0 Å². The molecule has 0 bridgehead atoms. The molecule has 1 unspecified atom stereocenters. The minimum atomic E-state index is -0.981. The molecule has 3 rings (SSSR count). The van der Waals surface area contributed by atoms with E-state index in [0.717, 1.165) is 5.69 Å². The van der Waals surface area contributed by atoms with Gasteiger partial charge in [0.25, 0.3) is 0 Å². The molecule has 0 saturated heterocycles. The molecule has 3 N–H and O–H groups in total. The van der Waals surface area contributed by atoms with Crippen LogP contribution in [-0.2, 0) is 0 Å². The van der Waals surface area contributed by atoms with E-state index in [2.05, 4.69) is 15.0 Å². The molecule has 0 aliphatic heterocycles. The van der Waals surface area contributed by atoms with Crippen LogP contribution >= 0.6 is 11.6 Å². The van der Waals surface area contributed by atoms with Crippen LogP contribution in [0.3, 0.4) is 0 Å². The van der Waals surface area contributed by atoms with Crippen LogP contribution in [0.1, 0.15) is 11.8 Å². The van der Waals surface area contributed by atoms with Crippen molar-refractivity contribution in [1.29, 1.82) is 0 Å². The molecule has 19 heavy (non-hydrogen) atoms. The van der Waals surface area contributed by atoms with Crippen LogP contribution in [0.15, 0.2) is 36.9 Å². The summed E-state index contributed by atoms with van der Waals surface area (Å²) < 4.78 is 1.79. The first-order valence-electron chi connectivity index (χ1n) is 5.54. The van der Waals surface area contributed by atoms with E-state index in [-0.39, 0.29) is 0 Å². The van der Waals surface area contributed by atoms with Gasteiger partial charge >= 0.3 is 0 Å². The van der Waals surface area contributed by atoms with Crippen molar-refractivity contribution in [3.63, 3.8) is 0 Å². The third-order valence-electron chi connectivity index (χ3n) is 2.80. The Kier molecular flexibility index (Phi) is 2.90. The summed E-state index contributed by atoms with van der Waals surface area (Å²) in [4.78, 5) is 12.2. The Morgan fingerprint density at radius 1 is 1.16 bits per heavy atom. The number of aliphatic hydroxyl groups excluding tert-OH is 1. The third-order valence-corrected chi connectivity index (χ3v) is 3.08. The molecule has 3 aromatic rings. The number of hydrogen-bond donors (Lipinski definition) is 2. The topological polar surface area (TPSA) is 89.8 Å². The standard InChI is InChI=1S/C12H10ClN5O/c13-10-9-12(16-5-15-10)18(6-17-9)8-3-1-7(2-4-8)11(14)19/h1-6,11,19H,14H2. The smallest absolute Gasteiger partial charge is 0.169 e. The van der Waals surface area contributed by atoms with Gasteiger partial charge in [-0.2, -0.15) is 0 Å². The molecule has 0 saturated carbocycles. The number of aliphatic hydroxyl groups is 1. The molecule has 0 fully saturated rings. The van der Waals surface area contributed by atoms with Gasteiger partial charge in [-0.25, -0.2) is 15.0 Å². The average Bonchev–Trinajstić information content (AvgIpc) is 2.84. The normalized spacial score (nSPS) is 12.8. The molecule has 1 atom stereocenters. The lowest BCUT2D eigenvalue weighted by Gasteiger charge is -2.07. The van der Waals surface area contributed by atoms with Crippen LogP contribution in [0.4, 0.5) is 0 Å². The minimum absolute atomic E-state index is 0.317. The van der Waals surface area contributed by atoms with Gasteiger partial charge in [0.05, 0.1) is 0 Å². The predicted molar refractivity (Wildman–Crippen MR) is 70.8 cm³/mol. The Labute approximate surface area is 113 Å². The highest BCUT2D eigenvalue weighted by Crippen LogP contribution is 2.21. The van der Waals surface area contributed by atoms with Crippen LogP contribution in [0.2, 0.25) is 5.15 Å². The SMILES string of the molecule is NC(O)c1ccc(-n2cnc3c(Cl)ncnc32)cc1. The average molecular weight is 276 g/mol. The van der Waals surface area contributed by atoms with E-state index in [4.69, 9.17) is 17.3 Å². The summed E-state index contributed by atoms with van der Waals surface area (Å²) in [5.41, 5.74) is 8.05. The number of rotatable bonds is 2. The van der Waals surface area contributed by atoms with Crippen molar-refractivity contribution in [2.24, 2.45) is 5.73 Å². The Bertz CT molecular complexity index is 723. The quantitative estimate of drug-likeness (QED) is 0.545. The monoisotopic (exact) mass is 275 g/mol. The molecule has 0 radical (unpaired) electrons. The summed E-state index contributed by atoms with van der Waals surface area (Å²) in [7, 11) is 0. The largest absolute Gasteiger partial charge is 0.375 e. The Morgan fingerprint density at radius 3 is 2.58 bits per heavy atom. The Morgan fingerprint density at radius 2 is 1.89 bits per heavy atom. The first-order valence-corrected chi connectivity index (χ1v) is 5.92. The summed E-state index contributed by atoms with van der Waals surface area (Å²) in [6.07, 6.45) is 2.03. The molecule has 1 aromatic carbocycles. The second-order valence-corrected chi connectivity index (χ2v) is 4.35. The summed E-state index contributed by atoms with van der Waals surface area (Å²) in [6.45, 7) is 0. The highest BCUT2D eigenvalue weighted by molar-refractivity contribution is 6.33. The highest BCUT2D eigenvalue weighted by Gasteiger charge is 2.10. The molecular weight excluding hydrogens is 266 g/mol. The fourth-order valence-corrected chi connectivity index (χ4v) is 2.00. The van der Waals surface area contributed by atoms with E-state index >= 15 is 0 Å². The van der Waals surface area contributed by atoms with E-state index in [1.165, 1.54) is 6.33 Å². The number of imidazole rings is 1. The molecule has 2 aromatic heterocycles. The second kappa shape index (κ2) is 4.58. The van der Waals surface area contributed by atoms with Gasteiger partial charge in [0.1, 0.15) is 24.4 Å². The number of hydrogen-bond acceptors (Lipinski definition) is 5. The maximum atomic E-state index is 9.27. The van der Waals surface area contributed by atoms with Gasteiger partial charge in [0.2, 0.25) is 0 Å². The molecule has 2 heterocycles. The van der Waals surface area contributed by atoms with E-state index in [1.54, 1.807) is 23.0 Å². The van der Waals surface area contributed by atoms with Gasteiger partial charge < -0.3 is 10.8 Å². The number of nitrogens with two attached hydrogens (primary N) is 1. The van der Waals surface area contributed by atoms with Crippen molar-refractivity contribution in [2.75, 3.05) is 0 Å². The zero-order valence-electron chi connectivity index (χ0n) is 9.73. The van der Waals surface area contributed by atoms with Gasteiger partial charge in [0, 0.05) is 5.69 Å². The van der Waals surface area contributed by atoms with Crippen molar-refractivity contribution >= 4 is 22.8 Å². The van der Waals surface area contributed by atoms with Gasteiger partial charge in [-0.3, -0.25) is 4.57 Å². The molecule has 96 valence electrons. The Hall–Kier alpha value is -2.02. The molecule has 0 aliphatic rings. The van der Waals surface area contributed by atoms with Crippen LogP contribution in [0.5, 0.6) is 0 Å². The van der Waals surface area contributed by atoms with Gasteiger partial charge in [-0.1, -0.05) is 23.7 Å². The van der Waals surface area contributed by atoms with Crippen LogP contribution < -0.4 is 5.73 Å². The van der Waals surface area contributed by atoms with Crippen LogP contribution in [0.25, 0.3) is 16.9 Å². The molecular formula is C12H10ClN5O. The van der Waals surface area contributed by atoms with Crippen molar-refractivity contribution in [3.8, 4) is 5.69 Å². The van der Waals surface area contributed by atoms with Gasteiger partial charge in [0.15, 0.2) is 10.8 Å². The third kappa shape index (κ3) is 2.06. The van der Waals surface area contributed by atoms with Crippen molar-refractivity contribution < 1.29 is 5.11 Å². The molecule has 0 aliphatic carbocycles. The molecule has 6 nitrogen and oxygen atoms in total. The zero-order valence-corrected chi connectivity index (χ0v) is 10.5. The number of aromatic nitrogens is 4. The first-order chi connectivity index (χ1) is 9.16. The lowest BCUT2D eigenvalue weighted by Crippen LogP contribution is -2.08. The highest BCUT2D eigenvalue weighted by atomic mass is 35.5. The van der Waals surface area contributed by atoms with Crippen LogP contribution in [0, 0.1) is 0 Å². The fourth-order valence-electron chi connectivity index (χ4n) is 1.83. The van der Waals surface area contributed by atoms with Crippen molar-refractivity contribution in [1.82, 2.24) is 19.5 Å². The molecule has 7 heteroatoms. The summed E-state index contributed by atoms with van der Waals surface area (Å²) >= 11 is 5.95. The van der Waals surface area contributed by atoms with Crippen molar-refractivity contribution in [2.45, 2.75) is 6.23 Å². The van der Waals surface area contributed by atoms with E-state index in [0.29, 0.717) is 21.9 Å². The van der Waals surface area contributed by atoms with E-state index in [9.17, 15) is 5.11 Å². The number of halogens is 1. The summed E-state index contributed by atoms with van der Waals surface area (Å²) in [5.74, 6) is 0. The lowest BCUT2D eigenvalue weighted by atomic mass is 10.2. The predicted octanol–water partition coefficient (Wildman–Crippen LogP) is 1.42. The van der Waals surface area contributed by atoms with Crippen molar-refractivity contribution in [3.05, 3.63) is 47.6 Å². The number of benzene rings is 1. The van der Waals surface area contributed by atoms with E-state index in [1.807, 2.05) is 12.1 Å². The maximum absolute atomic E-state index is 9.27.